The van der Waals surface area contributed by atoms with Crippen LogP contribution in [-0.2, 0) is 47.5 Å². The minimum Gasteiger partial charge on any atom is -0.344 e. The van der Waals surface area contributed by atoms with Gasteiger partial charge in [0.1, 0.15) is 4.75 Å². The summed E-state index contributed by atoms with van der Waals surface area (Å²) in [6.07, 6.45) is 37.1. The topological polar surface area (TPSA) is 134 Å². The number of hydrogen-bond acceptors (Lipinski definition) is 11. The van der Waals surface area contributed by atoms with Crippen LogP contribution < -0.4 is 5.73 Å². The summed E-state index contributed by atoms with van der Waals surface area (Å²) in [6.45, 7) is 23.5. The highest BCUT2D eigenvalue weighted by atomic mass is 32.2. The van der Waals surface area contributed by atoms with Gasteiger partial charge < -0.3 is 33.2 Å². The van der Waals surface area contributed by atoms with Gasteiger partial charge >= 0.3 is 0 Å². The summed E-state index contributed by atoms with van der Waals surface area (Å²) < 4.78 is 70.6. The molecule has 0 fully saturated rings. The van der Waals surface area contributed by atoms with E-state index in [0.717, 1.165) is 38.5 Å². The molecule has 2 unspecified atom stereocenters. The van der Waals surface area contributed by atoms with E-state index in [1.54, 1.807) is 19.1 Å². The van der Waals surface area contributed by atoms with Gasteiger partial charge in [-0.3, -0.25) is 9.92 Å². The third-order valence-corrected chi connectivity index (χ3v) is 14.3. The van der Waals surface area contributed by atoms with Crippen molar-refractivity contribution in [1.29, 1.82) is 0 Å². The Morgan fingerprint density at radius 1 is 0.484 bits per heavy atom. The van der Waals surface area contributed by atoms with E-state index in [1.165, 1.54) is 116 Å². The lowest BCUT2D eigenvalue weighted by Gasteiger charge is -2.45. The predicted octanol–water partition coefficient (Wildman–Crippen LogP) is 13.8. The van der Waals surface area contributed by atoms with Gasteiger partial charge in [-0.05, 0) is 80.6 Å². The average Bonchev–Trinajstić information content (AvgIpc) is 3.26. The van der Waals surface area contributed by atoms with Crippen LogP contribution in [0.5, 0.6) is 0 Å². The highest BCUT2D eigenvalue weighted by Gasteiger charge is 2.53. The molecule has 1 rings (SSSR count). The van der Waals surface area contributed by atoms with Crippen molar-refractivity contribution in [1.82, 2.24) is 0 Å². The molecule has 2 atom stereocenters. The Bertz CT molecular complexity index is 1200. The number of hydrogen-bond donors (Lipinski definition) is 1. The molecular formula is C52H103NO10S. The fraction of sp³-hybridized carbons (Fsp3) is 0.923. The van der Waals surface area contributed by atoms with Crippen LogP contribution in [0.1, 0.15) is 230 Å². The normalized spacial score (nSPS) is 17.0. The van der Waals surface area contributed by atoms with Gasteiger partial charge in [-0.2, -0.15) is 8.42 Å². The molecule has 0 heterocycles. The molecule has 0 saturated carbocycles. The molecule has 0 aromatic heterocycles. The summed E-state index contributed by atoms with van der Waals surface area (Å²) in [4.78, 5) is 0. The van der Waals surface area contributed by atoms with Crippen LogP contribution in [0, 0.1) is 5.92 Å². The van der Waals surface area contributed by atoms with Crippen molar-refractivity contribution in [3.05, 3.63) is 24.3 Å². The summed E-state index contributed by atoms with van der Waals surface area (Å²) in [5.41, 5.74) is 6.57. The van der Waals surface area contributed by atoms with Crippen LogP contribution in [0.25, 0.3) is 0 Å². The molecule has 64 heavy (non-hydrogen) atoms. The molecule has 0 aromatic rings. The smallest absolute Gasteiger partial charge is 0.282 e. The molecule has 0 aromatic carbocycles. The zero-order valence-electron chi connectivity index (χ0n) is 43.3. The lowest BCUT2D eigenvalue weighted by molar-refractivity contribution is -0.408. The van der Waals surface area contributed by atoms with Crippen LogP contribution in [0.15, 0.2) is 24.3 Å². The Morgan fingerprint density at radius 3 is 1.22 bits per heavy atom. The van der Waals surface area contributed by atoms with Crippen molar-refractivity contribution in [2.75, 3.05) is 52.9 Å². The highest BCUT2D eigenvalue weighted by molar-refractivity contribution is 7.88. The van der Waals surface area contributed by atoms with E-state index < -0.39 is 32.5 Å². The fourth-order valence-electron chi connectivity index (χ4n) is 8.38. The predicted molar refractivity (Wildman–Crippen MR) is 266 cm³/mol. The van der Waals surface area contributed by atoms with Gasteiger partial charge in [-0.25, -0.2) is 0 Å². The van der Waals surface area contributed by atoms with Gasteiger partial charge in [-0.15, -0.1) is 0 Å². The number of rotatable bonds is 44. The van der Waals surface area contributed by atoms with Gasteiger partial charge in [0.15, 0.2) is 0 Å². The first-order valence-electron chi connectivity index (χ1n) is 26.3. The maximum absolute atomic E-state index is 12.5. The lowest BCUT2D eigenvalue weighted by atomic mass is 9.91. The van der Waals surface area contributed by atoms with Gasteiger partial charge in [0, 0.05) is 59.1 Å². The van der Waals surface area contributed by atoms with E-state index in [1.807, 2.05) is 67.5 Å². The van der Waals surface area contributed by atoms with Crippen LogP contribution in [0.4, 0.5) is 0 Å². The van der Waals surface area contributed by atoms with Gasteiger partial charge in [0.2, 0.25) is 5.79 Å². The minimum absolute atomic E-state index is 0.0693. The van der Waals surface area contributed by atoms with Crippen molar-refractivity contribution in [3.63, 3.8) is 0 Å². The first kappa shape index (κ1) is 63.1. The van der Waals surface area contributed by atoms with Crippen molar-refractivity contribution >= 4 is 10.1 Å². The van der Waals surface area contributed by atoms with Gasteiger partial charge in [-0.1, -0.05) is 167 Å². The molecule has 11 nitrogen and oxygen atoms in total. The van der Waals surface area contributed by atoms with E-state index in [-0.39, 0.29) is 5.92 Å². The Morgan fingerprint density at radius 2 is 0.844 bits per heavy atom. The molecule has 0 saturated heterocycles. The molecule has 0 radical (unpaired) electrons. The summed E-state index contributed by atoms with van der Waals surface area (Å²) in [6, 6.07) is 0. The SMILES string of the molecule is CCCCCCCCCCCCOS(=O)(=O)C1(C)C=CC=CC1C.CCOC(CCCCCCCCCCCCCCCC(OCC)(OCC)C(N)(OCC)OCC)(OCC)OCC. The lowest BCUT2D eigenvalue weighted by Crippen LogP contribution is -2.66. The second-order valence-electron chi connectivity index (χ2n) is 17.4. The molecule has 0 amide bonds. The van der Waals surface area contributed by atoms with Gasteiger partial charge in [0.25, 0.3) is 22.0 Å². The summed E-state index contributed by atoms with van der Waals surface area (Å²) in [5, 5.41) is 0. The Balaban J connectivity index is 0.00000140. The maximum atomic E-state index is 12.5. The molecule has 2 N–H and O–H groups in total. The molecule has 12 heteroatoms. The van der Waals surface area contributed by atoms with Crippen LogP contribution in [0.2, 0.25) is 0 Å². The first-order chi connectivity index (χ1) is 30.8. The first-order valence-corrected chi connectivity index (χ1v) is 27.7. The quantitative estimate of drug-likeness (QED) is 0.0355. The number of nitrogens with two attached hydrogens (primary N) is 1. The molecule has 0 aliphatic heterocycles. The van der Waals surface area contributed by atoms with E-state index in [9.17, 15) is 8.42 Å². The summed E-state index contributed by atoms with van der Waals surface area (Å²) >= 11 is 0. The largest absolute Gasteiger partial charge is 0.344 e. The van der Waals surface area contributed by atoms with E-state index in [2.05, 4.69) is 6.92 Å². The van der Waals surface area contributed by atoms with Crippen molar-refractivity contribution < 1.29 is 45.8 Å². The zero-order chi connectivity index (χ0) is 47.9. The zero-order valence-corrected chi connectivity index (χ0v) is 44.1. The Labute approximate surface area is 395 Å². The van der Waals surface area contributed by atoms with E-state index in [0.29, 0.717) is 59.3 Å². The van der Waals surface area contributed by atoms with Crippen molar-refractivity contribution in [2.24, 2.45) is 11.7 Å². The average molecular weight is 934 g/mol. The molecule has 0 spiro atoms. The van der Waals surface area contributed by atoms with E-state index >= 15 is 0 Å². The highest BCUT2D eigenvalue weighted by Crippen LogP contribution is 2.35. The fourth-order valence-corrected chi connectivity index (χ4v) is 9.75. The number of ether oxygens (including phenoxy) is 7. The molecule has 1 aliphatic rings. The molecule has 0 bridgehead atoms. The maximum Gasteiger partial charge on any atom is 0.282 e. The van der Waals surface area contributed by atoms with Gasteiger partial charge in [0.05, 0.1) is 6.61 Å². The standard InChI is InChI=1S/C32H67NO7.C20H36O3S/c1-8-34-30(35-9-2,32(33,39-13-6)40-14-7)28-26-24-22-20-18-16-15-17-19-21-23-25-27-29-31(36-10-3,37-11-4)38-12-5;1-4-5-6-7-8-9-10-11-12-15-18-23-24(21,22)20(3)17-14-13-16-19(20)2/h8-29,33H2,1-7H3;13-14,16-17,19H,4-12,15,18H2,1-3H3. The summed E-state index contributed by atoms with van der Waals surface area (Å²) in [7, 11) is -3.58. The van der Waals surface area contributed by atoms with Crippen molar-refractivity contribution in [3.8, 4) is 0 Å². The Hall–Kier alpha value is -0.930. The van der Waals surface area contributed by atoms with Crippen LogP contribution >= 0.6 is 0 Å². The molecule has 382 valence electrons. The number of allylic oxidation sites excluding steroid dienone is 3. The third-order valence-electron chi connectivity index (χ3n) is 12.2. The minimum atomic E-state index is -3.58. The second kappa shape index (κ2) is 39.0. The third kappa shape index (κ3) is 25.4. The van der Waals surface area contributed by atoms with Crippen LogP contribution in [-0.4, -0.2) is 83.7 Å². The summed E-state index contributed by atoms with van der Waals surface area (Å²) in [5.74, 6) is -3.43. The van der Waals surface area contributed by atoms with E-state index in [4.69, 9.17) is 43.1 Å². The van der Waals surface area contributed by atoms with Crippen molar-refractivity contribution in [2.45, 2.75) is 252 Å². The monoisotopic (exact) mass is 934 g/mol. The molecule has 1 aliphatic carbocycles. The Kier molecular flexibility index (Phi) is 38.4. The number of unbranched alkanes of at least 4 members (excludes halogenated alkanes) is 21. The second-order valence-corrected chi connectivity index (χ2v) is 19.4. The van der Waals surface area contributed by atoms with Crippen LogP contribution in [0.3, 0.4) is 0 Å². The molecular weight excluding hydrogens is 831 g/mol.